The quantitative estimate of drug-likeness (QED) is 0.793. The molecule has 3 nitrogen and oxygen atoms in total. The van der Waals surface area contributed by atoms with E-state index in [1.807, 2.05) is 49.4 Å². The van der Waals surface area contributed by atoms with E-state index in [1.165, 1.54) is 0 Å². The summed E-state index contributed by atoms with van der Waals surface area (Å²) in [6.07, 6.45) is 0. The smallest absolute Gasteiger partial charge is 0.243 e. The van der Waals surface area contributed by atoms with Gasteiger partial charge in [-0.1, -0.05) is 18.2 Å². The molecule has 0 spiro atoms. The summed E-state index contributed by atoms with van der Waals surface area (Å²) >= 11 is 6.91. The van der Waals surface area contributed by atoms with Crippen molar-refractivity contribution in [2.75, 3.05) is 17.2 Å². The van der Waals surface area contributed by atoms with Gasteiger partial charge in [0.15, 0.2) is 0 Å². The largest absolute Gasteiger partial charge is 0.376 e. The summed E-state index contributed by atoms with van der Waals surface area (Å²) in [4.78, 5) is 12.0. The third kappa shape index (κ3) is 4.08. The number of benzene rings is 2. The van der Waals surface area contributed by atoms with Crippen molar-refractivity contribution >= 4 is 49.1 Å². The fourth-order valence-electron chi connectivity index (χ4n) is 1.74. The van der Waals surface area contributed by atoms with Crippen LogP contribution in [0.1, 0.15) is 5.56 Å². The molecule has 0 heterocycles. The van der Waals surface area contributed by atoms with E-state index in [4.69, 9.17) is 0 Å². The third-order valence-corrected chi connectivity index (χ3v) is 3.93. The zero-order chi connectivity index (χ0) is 14.5. The molecule has 0 unspecified atom stereocenters. The minimum Gasteiger partial charge on any atom is -0.376 e. The second kappa shape index (κ2) is 6.90. The number of carbonyl (C=O) groups is 1. The Balaban J connectivity index is 1.98. The van der Waals surface area contributed by atoms with E-state index < -0.39 is 0 Å². The molecule has 2 aromatic carbocycles. The lowest BCUT2D eigenvalue weighted by molar-refractivity contribution is -0.114. The number of aryl methyl sites for hydroxylation is 1. The summed E-state index contributed by atoms with van der Waals surface area (Å²) < 4.78 is 1.72. The highest BCUT2D eigenvalue weighted by Crippen LogP contribution is 2.32. The average molecular weight is 398 g/mol. The van der Waals surface area contributed by atoms with Gasteiger partial charge in [-0.15, -0.1) is 0 Å². The number of para-hydroxylation sites is 1. The van der Waals surface area contributed by atoms with Crippen LogP contribution >= 0.6 is 31.9 Å². The standard InChI is InChI=1S/C15H14Br2N2O/c1-10-7-12(16)15(13(17)8-10)19-14(20)9-18-11-5-3-2-4-6-11/h2-8,18H,9H2,1H3,(H,19,20). The van der Waals surface area contributed by atoms with E-state index >= 15 is 0 Å². The first-order valence-electron chi connectivity index (χ1n) is 6.10. The third-order valence-electron chi connectivity index (χ3n) is 2.68. The van der Waals surface area contributed by atoms with Gasteiger partial charge in [0.1, 0.15) is 0 Å². The Labute approximate surface area is 135 Å². The van der Waals surface area contributed by atoms with Crippen LogP contribution in [0.3, 0.4) is 0 Å². The van der Waals surface area contributed by atoms with Crippen LogP contribution in [0, 0.1) is 6.92 Å². The molecule has 0 atom stereocenters. The molecule has 2 aromatic rings. The molecular formula is C15H14Br2N2O. The first kappa shape index (κ1) is 15.1. The van der Waals surface area contributed by atoms with Crippen molar-refractivity contribution in [3.05, 3.63) is 57.0 Å². The number of halogens is 2. The van der Waals surface area contributed by atoms with Gasteiger partial charge in [0.25, 0.3) is 0 Å². The van der Waals surface area contributed by atoms with Gasteiger partial charge in [-0.25, -0.2) is 0 Å². The lowest BCUT2D eigenvalue weighted by Crippen LogP contribution is -2.22. The summed E-state index contributed by atoms with van der Waals surface area (Å²) in [6, 6.07) is 13.6. The highest BCUT2D eigenvalue weighted by atomic mass is 79.9. The molecule has 1 amide bonds. The van der Waals surface area contributed by atoms with Crippen molar-refractivity contribution in [3.8, 4) is 0 Å². The number of rotatable bonds is 4. The molecule has 0 aromatic heterocycles. The van der Waals surface area contributed by atoms with E-state index in [0.717, 1.165) is 25.9 Å². The van der Waals surface area contributed by atoms with Crippen LogP contribution in [0.25, 0.3) is 0 Å². The van der Waals surface area contributed by atoms with Crippen LogP contribution in [0.2, 0.25) is 0 Å². The molecule has 0 aliphatic carbocycles. The molecule has 0 radical (unpaired) electrons. The maximum absolute atomic E-state index is 12.0. The van der Waals surface area contributed by atoms with Crippen molar-refractivity contribution in [1.82, 2.24) is 0 Å². The van der Waals surface area contributed by atoms with E-state index in [0.29, 0.717) is 0 Å². The zero-order valence-corrected chi connectivity index (χ0v) is 14.1. The molecule has 104 valence electrons. The predicted octanol–water partition coefficient (Wildman–Crippen LogP) is 4.57. The first-order valence-corrected chi connectivity index (χ1v) is 7.69. The molecule has 0 fully saturated rings. The normalized spacial score (nSPS) is 10.2. The Morgan fingerprint density at radius 3 is 2.30 bits per heavy atom. The first-order chi connectivity index (χ1) is 9.56. The number of hydrogen-bond donors (Lipinski definition) is 2. The van der Waals surface area contributed by atoms with Gasteiger partial charge in [-0.3, -0.25) is 4.79 Å². The summed E-state index contributed by atoms with van der Waals surface area (Å²) in [6.45, 7) is 2.22. The summed E-state index contributed by atoms with van der Waals surface area (Å²) in [7, 11) is 0. The van der Waals surface area contributed by atoms with Crippen LogP contribution in [0.15, 0.2) is 51.4 Å². The Kier molecular flexibility index (Phi) is 5.20. The monoisotopic (exact) mass is 396 g/mol. The second-order valence-corrected chi connectivity index (χ2v) is 6.08. The molecule has 20 heavy (non-hydrogen) atoms. The number of amides is 1. The van der Waals surface area contributed by atoms with Crippen LogP contribution in [0.5, 0.6) is 0 Å². The Morgan fingerprint density at radius 1 is 1.10 bits per heavy atom. The number of hydrogen-bond acceptors (Lipinski definition) is 2. The maximum atomic E-state index is 12.0. The minimum atomic E-state index is -0.0980. The van der Waals surface area contributed by atoms with E-state index in [-0.39, 0.29) is 12.5 Å². The van der Waals surface area contributed by atoms with E-state index in [1.54, 1.807) is 0 Å². The van der Waals surface area contributed by atoms with Gasteiger partial charge >= 0.3 is 0 Å². The fourth-order valence-corrected chi connectivity index (χ4v) is 3.35. The number of carbonyl (C=O) groups excluding carboxylic acids is 1. The van der Waals surface area contributed by atoms with E-state index in [2.05, 4.69) is 42.5 Å². The lowest BCUT2D eigenvalue weighted by Gasteiger charge is -2.11. The lowest BCUT2D eigenvalue weighted by atomic mass is 10.2. The Hall–Kier alpha value is -1.33. The molecule has 5 heteroatoms. The summed E-state index contributed by atoms with van der Waals surface area (Å²) in [5, 5.41) is 5.95. The van der Waals surface area contributed by atoms with Gasteiger partial charge in [-0.2, -0.15) is 0 Å². The van der Waals surface area contributed by atoms with Crippen molar-refractivity contribution in [2.45, 2.75) is 6.92 Å². The topological polar surface area (TPSA) is 41.1 Å². The minimum absolute atomic E-state index is 0.0980. The van der Waals surface area contributed by atoms with Gasteiger partial charge in [0.05, 0.1) is 12.2 Å². The maximum Gasteiger partial charge on any atom is 0.243 e. The molecule has 0 saturated carbocycles. The number of nitrogens with one attached hydrogen (secondary N) is 2. The zero-order valence-electron chi connectivity index (χ0n) is 10.9. The van der Waals surface area contributed by atoms with Gasteiger partial charge < -0.3 is 10.6 Å². The molecular weight excluding hydrogens is 384 g/mol. The van der Waals surface area contributed by atoms with Crippen LogP contribution in [-0.4, -0.2) is 12.5 Å². The molecule has 2 rings (SSSR count). The van der Waals surface area contributed by atoms with Gasteiger partial charge in [0, 0.05) is 14.6 Å². The molecule has 0 aliphatic rings. The SMILES string of the molecule is Cc1cc(Br)c(NC(=O)CNc2ccccc2)c(Br)c1. The van der Waals surface area contributed by atoms with Crippen LogP contribution < -0.4 is 10.6 Å². The highest BCUT2D eigenvalue weighted by Gasteiger charge is 2.09. The summed E-state index contributed by atoms with van der Waals surface area (Å²) in [5.41, 5.74) is 2.78. The number of anilines is 2. The summed E-state index contributed by atoms with van der Waals surface area (Å²) in [5.74, 6) is -0.0980. The molecule has 0 saturated heterocycles. The second-order valence-electron chi connectivity index (χ2n) is 4.37. The van der Waals surface area contributed by atoms with Crippen molar-refractivity contribution < 1.29 is 4.79 Å². The molecule has 0 aliphatic heterocycles. The van der Waals surface area contributed by atoms with Gasteiger partial charge in [-0.05, 0) is 68.6 Å². The van der Waals surface area contributed by atoms with Crippen LogP contribution in [0.4, 0.5) is 11.4 Å². The molecule has 2 N–H and O–H groups in total. The molecule has 0 bridgehead atoms. The van der Waals surface area contributed by atoms with E-state index in [9.17, 15) is 4.79 Å². The predicted molar refractivity (Wildman–Crippen MR) is 90.1 cm³/mol. The van der Waals surface area contributed by atoms with Gasteiger partial charge in [0.2, 0.25) is 5.91 Å². The fraction of sp³-hybridized carbons (Fsp3) is 0.133. The Morgan fingerprint density at radius 2 is 1.70 bits per heavy atom. The van der Waals surface area contributed by atoms with Crippen molar-refractivity contribution in [2.24, 2.45) is 0 Å². The highest BCUT2D eigenvalue weighted by molar-refractivity contribution is 9.11. The van der Waals surface area contributed by atoms with Crippen LogP contribution in [-0.2, 0) is 4.79 Å². The van der Waals surface area contributed by atoms with Crippen molar-refractivity contribution in [1.29, 1.82) is 0 Å². The average Bonchev–Trinajstić information content (AvgIpc) is 2.42. The Bertz CT molecular complexity index is 592. The van der Waals surface area contributed by atoms with Crippen molar-refractivity contribution in [3.63, 3.8) is 0 Å².